The molecular weight excluding hydrogens is 231 g/mol. The van der Waals surface area contributed by atoms with Gasteiger partial charge in [-0.15, -0.1) is 0 Å². The van der Waals surface area contributed by atoms with Crippen molar-refractivity contribution in [2.24, 2.45) is 0 Å². The molecular formula is C9H7ClF3NO. The van der Waals surface area contributed by atoms with E-state index < -0.39 is 28.1 Å². The van der Waals surface area contributed by atoms with Crippen LogP contribution in [0.3, 0.4) is 0 Å². The molecule has 1 aromatic carbocycles. The second-order valence-electron chi connectivity index (χ2n) is 2.98. The molecule has 1 rings (SSSR count). The first-order valence-corrected chi connectivity index (χ1v) is 4.28. The lowest BCUT2D eigenvalue weighted by Crippen LogP contribution is -2.13. The number of benzene rings is 1. The fourth-order valence-electron chi connectivity index (χ4n) is 1.19. The maximum absolute atomic E-state index is 12.5. The largest absolute Gasteiger partial charge is 0.418 e. The van der Waals surface area contributed by atoms with Crippen LogP contribution in [0, 0.1) is 0 Å². The molecule has 2 N–H and O–H groups in total. The number of hydrogen-bond donors (Lipinski definition) is 1. The van der Waals surface area contributed by atoms with Gasteiger partial charge >= 0.3 is 6.18 Å². The van der Waals surface area contributed by atoms with E-state index in [1.807, 2.05) is 0 Å². The lowest BCUT2D eigenvalue weighted by molar-refractivity contribution is -0.137. The highest BCUT2D eigenvalue weighted by atomic mass is 35.5. The molecule has 1 aromatic rings. The van der Waals surface area contributed by atoms with Crippen molar-refractivity contribution in [1.29, 1.82) is 0 Å². The van der Waals surface area contributed by atoms with Gasteiger partial charge in [0, 0.05) is 11.3 Å². The van der Waals surface area contributed by atoms with Crippen LogP contribution in [0.1, 0.15) is 22.8 Å². The van der Waals surface area contributed by atoms with Gasteiger partial charge in [-0.2, -0.15) is 13.2 Å². The lowest BCUT2D eigenvalue weighted by Gasteiger charge is -2.13. The summed E-state index contributed by atoms with van der Waals surface area (Å²) in [4.78, 5) is 11.0. The normalized spacial score (nSPS) is 11.5. The molecule has 0 aliphatic rings. The number of ketones is 1. The topological polar surface area (TPSA) is 43.1 Å². The van der Waals surface area contributed by atoms with Crippen LogP contribution in [0.2, 0.25) is 5.02 Å². The second kappa shape index (κ2) is 3.73. The van der Waals surface area contributed by atoms with E-state index in [1.165, 1.54) is 0 Å². The summed E-state index contributed by atoms with van der Waals surface area (Å²) in [7, 11) is 0. The molecule has 0 radical (unpaired) electrons. The van der Waals surface area contributed by atoms with Crippen LogP contribution in [-0.2, 0) is 6.18 Å². The van der Waals surface area contributed by atoms with E-state index in [1.54, 1.807) is 0 Å². The molecule has 0 fully saturated rings. The van der Waals surface area contributed by atoms with Crippen LogP contribution in [-0.4, -0.2) is 5.78 Å². The Morgan fingerprint density at radius 3 is 2.33 bits per heavy atom. The summed E-state index contributed by atoms with van der Waals surface area (Å²) in [5, 5.41) is -0.562. The Morgan fingerprint density at radius 2 is 1.93 bits per heavy atom. The minimum absolute atomic E-state index is 0.0261. The SMILES string of the molecule is CC(=O)c1cc(N)cc(Cl)c1C(F)(F)F. The maximum Gasteiger partial charge on any atom is 0.418 e. The molecule has 0 spiro atoms. The summed E-state index contributed by atoms with van der Waals surface area (Å²) in [6.45, 7) is 1.03. The van der Waals surface area contributed by atoms with Crippen LogP contribution in [0.4, 0.5) is 18.9 Å². The Balaban J connectivity index is 3.55. The van der Waals surface area contributed by atoms with Crippen molar-refractivity contribution in [3.8, 4) is 0 Å². The van der Waals surface area contributed by atoms with Gasteiger partial charge in [0.2, 0.25) is 0 Å². The Morgan fingerprint density at radius 1 is 1.40 bits per heavy atom. The number of carbonyl (C=O) groups is 1. The molecule has 0 unspecified atom stereocenters. The van der Waals surface area contributed by atoms with Crippen molar-refractivity contribution in [1.82, 2.24) is 0 Å². The highest BCUT2D eigenvalue weighted by Gasteiger charge is 2.37. The molecule has 0 aliphatic carbocycles. The summed E-state index contributed by atoms with van der Waals surface area (Å²) in [6, 6.07) is 1.94. The molecule has 0 aromatic heterocycles. The van der Waals surface area contributed by atoms with E-state index in [4.69, 9.17) is 17.3 Å². The van der Waals surface area contributed by atoms with Crippen LogP contribution >= 0.6 is 11.6 Å². The quantitative estimate of drug-likeness (QED) is 0.602. The van der Waals surface area contributed by atoms with Gasteiger partial charge in [-0.25, -0.2) is 0 Å². The third-order valence-electron chi connectivity index (χ3n) is 1.78. The lowest BCUT2D eigenvalue weighted by atomic mass is 10.0. The van der Waals surface area contributed by atoms with Crippen molar-refractivity contribution >= 4 is 23.1 Å². The summed E-state index contributed by atoms with van der Waals surface area (Å²) in [5.41, 5.74) is 3.69. The standard InChI is InChI=1S/C9H7ClF3NO/c1-4(15)6-2-5(14)3-7(10)8(6)9(11,12)13/h2-3H,14H2,1H3. The number of alkyl halides is 3. The summed E-state index contributed by atoms with van der Waals surface area (Å²) in [5.74, 6) is -0.725. The first kappa shape index (κ1) is 11.8. The summed E-state index contributed by atoms with van der Waals surface area (Å²) < 4.78 is 37.6. The van der Waals surface area contributed by atoms with Crippen molar-refractivity contribution in [3.63, 3.8) is 0 Å². The zero-order valence-electron chi connectivity index (χ0n) is 7.65. The highest BCUT2D eigenvalue weighted by molar-refractivity contribution is 6.32. The fourth-order valence-corrected chi connectivity index (χ4v) is 1.53. The molecule has 6 heteroatoms. The zero-order chi connectivity index (χ0) is 11.8. The summed E-state index contributed by atoms with van der Waals surface area (Å²) >= 11 is 5.41. The van der Waals surface area contributed by atoms with Gasteiger partial charge in [-0.1, -0.05) is 11.6 Å². The Labute approximate surface area is 88.8 Å². The van der Waals surface area contributed by atoms with E-state index >= 15 is 0 Å². The van der Waals surface area contributed by atoms with Crippen LogP contribution in [0.25, 0.3) is 0 Å². The molecule has 0 bridgehead atoms. The average molecular weight is 238 g/mol. The summed E-state index contributed by atoms with van der Waals surface area (Å²) in [6.07, 6.45) is -4.66. The van der Waals surface area contributed by atoms with E-state index in [-0.39, 0.29) is 5.69 Å². The van der Waals surface area contributed by atoms with Gasteiger partial charge in [0.15, 0.2) is 5.78 Å². The number of nitrogen functional groups attached to an aromatic ring is 1. The maximum atomic E-state index is 12.5. The number of halogens is 4. The van der Waals surface area contributed by atoms with Crippen molar-refractivity contribution in [2.45, 2.75) is 13.1 Å². The highest BCUT2D eigenvalue weighted by Crippen LogP contribution is 2.38. The molecule has 0 aliphatic heterocycles. The monoisotopic (exact) mass is 237 g/mol. The number of Topliss-reactive ketones (excluding diaryl/α,β-unsaturated/α-hetero) is 1. The number of nitrogens with two attached hydrogens (primary N) is 1. The smallest absolute Gasteiger partial charge is 0.399 e. The molecule has 82 valence electrons. The van der Waals surface area contributed by atoms with E-state index in [2.05, 4.69) is 0 Å². The van der Waals surface area contributed by atoms with Gasteiger partial charge in [-0.05, 0) is 19.1 Å². The van der Waals surface area contributed by atoms with Gasteiger partial charge in [0.05, 0.1) is 10.6 Å². The van der Waals surface area contributed by atoms with Gasteiger partial charge < -0.3 is 5.73 Å². The van der Waals surface area contributed by atoms with Gasteiger partial charge in [-0.3, -0.25) is 4.79 Å². The van der Waals surface area contributed by atoms with E-state index in [9.17, 15) is 18.0 Å². The molecule has 0 amide bonds. The average Bonchev–Trinajstić information content (AvgIpc) is 1.99. The molecule has 0 atom stereocenters. The number of rotatable bonds is 1. The van der Waals surface area contributed by atoms with Crippen molar-refractivity contribution in [3.05, 3.63) is 28.3 Å². The second-order valence-corrected chi connectivity index (χ2v) is 3.39. The predicted octanol–water partition coefficient (Wildman–Crippen LogP) is 3.14. The Bertz CT molecular complexity index is 415. The minimum Gasteiger partial charge on any atom is -0.399 e. The fraction of sp³-hybridized carbons (Fsp3) is 0.222. The van der Waals surface area contributed by atoms with E-state index in [0.29, 0.717) is 0 Å². The van der Waals surface area contributed by atoms with E-state index in [0.717, 1.165) is 19.1 Å². The number of anilines is 1. The molecule has 0 saturated carbocycles. The molecule has 0 saturated heterocycles. The minimum atomic E-state index is -4.66. The first-order chi connectivity index (χ1) is 6.73. The van der Waals surface area contributed by atoms with Crippen molar-refractivity contribution in [2.75, 3.05) is 5.73 Å². The third kappa shape index (κ3) is 2.41. The molecule has 2 nitrogen and oxygen atoms in total. The Kier molecular flexibility index (Phi) is 2.95. The first-order valence-electron chi connectivity index (χ1n) is 3.90. The number of carbonyl (C=O) groups excluding carboxylic acids is 1. The van der Waals surface area contributed by atoms with Crippen LogP contribution in [0.5, 0.6) is 0 Å². The van der Waals surface area contributed by atoms with Gasteiger partial charge in [0.1, 0.15) is 0 Å². The molecule has 0 heterocycles. The zero-order valence-corrected chi connectivity index (χ0v) is 8.41. The van der Waals surface area contributed by atoms with Crippen LogP contribution in [0.15, 0.2) is 12.1 Å². The third-order valence-corrected chi connectivity index (χ3v) is 2.07. The van der Waals surface area contributed by atoms with Crippen molar-refractivity contribution < 1.29 is 18.0 Å². The van der Waals surface area contributed by atoms with Crippen LogP contribution < -0.4 is 5.73 Å². The Hall–Kier alpha value is -1.23. The number of hydrogen-bond acceptors (Lipinski definition) is 2. The molecule has 15 heavy (non-hydrogen) atoms. The predicted molar refractivity (Wildman–Crippen MR) is 50.9 cm³/mol. The van der Waals surface area contributed by atoms with Gasteiger partial charge in [0.25, 0.3) is 0 Å².